The summed E-state index contributed by atoms with van der Waals surface area (Å²) in [6.07, 6.45) is -15.1. The Morgan fingerprint density at radius 3 is 1.87 bits per heavy atom. The largest absolute Gasteiger partial charge is 0.394 e. The maximum absolute atomic E-state index is 9.83. The summed E-state index contributed by atoms with van der Waals surface area (Å²) >= 11 is 0. The molecule has 0 aromatic rings. The summed E-state index contributed by atoms with van der Waals surface area (Å²) in [6.45, 7) is -2.45. The third-order valence-corrected chi connectivity index (χ3v) is 3.62. The molecule has 0 spiro atoms. The molecule has 23 heavy (non-hydrogen) atoms. The molecule has 1 heterocycles. The van der Waals surface area contributed by atoms with Crippen LogP contribution in [0.25, 0.3) is 0 Å². The monoisotopic (exact) mass is 344 g/mol. The Morgan fingerprint density at radius 1 is 0.826 bits per heavy atom. The van der Waals surface area contributed by atoms with Gasteiger partial charge in [-0.25, -0.2) is 0 Å². The average molecular weight is 344 g/mol. The molecule has 9 N–H and O–H groups in total. The van der Waals surface area contributed by atoms with E-state index in [0.29, 0.717) is 0 Å². The lowest BCUT2D eigenvalue weighted by Gasteiger charge is -2.42. The minimum atomic E-state index is -1.85. The molecule has 11 heteroatoms. The highest BCUT2D eigenvalue weighted by Crippen LogP contribution is 2.24. The van der Waals surface area contributed by atoms with E-state index in [4.69, 9.17) is 24.8 Å². The summed E-state index contributed by atoms with van der Waals surface area (Å²) in [4.78, 5) is 0. The Balaban J connectivity index is 2.89. The van der Waals surface area contributed by atoms with Crippen molar-refractivity contribution in [2.24, 2.45) is 0 Å². The first-order valence-corrected chi connectivity index (χ1v) is 7.00. The van der Waals surface area contributed by atoms with Crippen LogP contribution in [0.5, 0.6) is 0 Å². The number of ether oxygens (including phenoxy) is 2. The van der Waals surface area contributed by atoms with Crippen LogP contribution in [0.15, 0.2) is 0 Å². The van der Waals surface area contributed by atoms with Crippen LogP contribution in [0.1, 0.15) is 0 Å². The normalized spacial score (nSPS) is 37.2. The second kappa shape index (κ2) is 9.15. The van der Waals surface area contributed by atoms with Crippen LogP contribution in [0.2, 0.25) is 0 Å². The van der Waals surface area contributed by atoms with E-state index in [0.717, 1.165) is 0 Å². The van der Waals surface area contributed by atoms with Gasteiger partial charge in [0, 0.05) is 0 Å². The van der Waals surface area contributed by atoms with E-state index in [9.17, 15) is 30.6 Å². The highest BCUT2D eigenvalue weighted by molar-refractivity contribution is 4.91. The third-order valence-electron chi connectivity index (χ3n) is 3.62. The first-order valence-electron chi connectivity index (χ1n) is 7.00. The van der Waals surface area contributed by atoms with Crippen LogP contribution in [-0.4, -0.2) is 121 Å². The molecular formula is C12H24O11. The van der Waals surface area contributed by atoms with Crippen molar-refractivity contribution in [3.63, 3.8) is 0 Å². The van der Waals surface area contributed by atoms with Gasteiger partial charge in [-0.2, -0.15) is 0 Å². The van der Waals surface area contributed by atoms with Gasteiger partial charge in [-0.05, 0) is 0 Å². The summed E-state index contributed by atoms with van der Waals surface area (Å²) in [5.74, 6) is 0. The van der Waals surface area contributed by atoms with Gasteiger partial charge >= 0.3 is 0 Å². The van der Waals surface area contributed by atoms with Gasteiger partial charge in [0.25, 0.3) is 0 Å². The van der Waals surface area contributed by atoms with Gasteiger partial charge in [0.2, 0.25) is 0 Å². The standard InChI is InChI=1S/C12H24O11/c13-1-4(16)7(18)11(5(17)2-14)23-12-10(21)9(20)8(19)6(3-15)22-12/h4-21H,1-3H2/t4-,5+,6-,7+,8-,9-,10+,11?,12-/m0/s1. The van der Waals surface area contributed by atoms with E-state index in [1.807, 2.05) is 0 Å². The fraction of sp³-hybridized carbons (Fsp3) is 1.00. The zero-order chi connectivity index (χ0) is 17.7. The Hall–Kier alpha value is -0.440. The SMILES string of the molecule is OC[C@@H](O)C(O[C@@H]1O[C@@H](CO)[C@H](O)[C@H](O)[C@H]1O)[C@H](O)[C@@H](O)CO. The molecule has 0 bridgehead atoms. The lowest BCUT2D eigenvalue weighted by Crippen LogP contribution is -2.61. The van der Waals surface area contributed by atoms with Gasteiger partial charge in [-0.15, -0.1) is 0 Å². The molecule has 0 aliphatic carbocycles. The van der Waals surface area contributed by atoms with Gasteiger partial charge in [-0.3, -0.25) is 0 Å². The second-order valence-electron chi connectivity index (χ2n) is 5.29. The third kappa shape index (κ3) is 4.78. The zero-order valence-electron chi connectivity index (χ0n) is 12.2. The molecule has 0 amide bonds. The van der Waals surface area contributed by atoms with Crippen LogP contribution in [0.4, 0.5) is 0 Å². The number of hydrogen-bond donors (Lipinski definition) is 9. The molecule has 11 nitrogen and oxygen atoms in total. The molecule has 1 saturated heterocycles. The number of rotatable bonds is 8. The lowest BCUT2D eigenvalue weighted by molar-refractivity contribution is -0.327. The zero-order valence-corrected chi connectivity index (χ0v) is 12.2. The van der Waals surface area contributed by atoms with Crippen LogP contribution >= 0.6 is 0 Å². The molecule has 0 saturated carbocycles. The highest BCUT2D eigenvalue weighted by Gasteiger charge is 2.46. The topological polar surface area (TPSA) is 201 Å². The minimum Gasteiger partial charge on any atom is -0.394 e. The number of aliphatic hydroxyl groups is 9. The molecular weight excluding hydrogens is 320 g/mol. The van der Waals surface area contributed by atoms with E-state index >= 15 is 0 Å². The molecule has 1 aliphatic rings. The van der Waals surface area contributed by atoms with Crippen LogP contribution in [-0.2, 0) is 9.47 Å². The molecule has 0 aromatic heterocycles. The quantitative estimate of drug-likeness (QED) is 0.203. The fourth-order valence-electron chi connectivity index (χ4n) is 2.16. The van der Waals surface area contributed by atoms with Crippen molar-refractivity contribution >= 4 is 0 Å². The van der Waals surface area contributed by atoms with Crippen LogP contribution in [0, 0.1) is 0 Å². The molecule has 1 rings (SSSR count). The smallest absolute Gasteiger partial charge is 0.187 e. The number of hydrogen-bond acceptors (Lipinski definition) is 11. The van der Waals surface area contributed by atoms with Crippen molar-refractivity contribution in [2.45, 2.75) is 55.1 Å². The lowest BCUT2D eigenvalue weighted by atomic mass is 9.98. The molecule has 138 valence electrons. The molecule has 0 radical (unpaired) electrons. The summed E-state index contributed by atoms with van der Waals surface area (Å²) in [6, 6.07) is 0. The van der Waals surface area contributed by atoms with Gasteiger partial charge in [0.15, 0.2) is 6.29 Å². The van der Waals surface area contributed by atoms with Crippen molar-refractivity contribution in [2.75, 3.05) is 19.8 Å². The van der Waals surface area contributed by atoms with Gasteiger partial charge in [0.1, 0.15) is 48.8 Å². The van der Waals surface area contributed by atoms with Crippen molar-refractivity contribution < 1.29 is 55.4 Å². The Kier molecular flexibility index (Phi) is 8.20. The molecule has 9 atom stereocenters. The molecule has 1 aliphatic heterocycles. The van der Waals surface area contributed by atoms with Crippen molar-refractivity contribution in [3.8, 4) is 0 Å². The number of aliphatic hydroxyl groups excluding tert-OH is 9. The molecule has 1 fully saturated rings. The van der Waals surface area contributed by atoms with Gasteiger partial charge < -0.3 is 55.4 Å². The second-order valence-corrected chi connectivity index (χ2v) is 5.29. The highest BCUT2D eigenvalue weighted by atomic mass is 16.7. The average Bonchev–Trinajstić information content (AvgIpc) is 2.57. The van der Waals surface area contributed by atoms with Crippen LogP contribution < -0.4 is 0 Å². The predicted molar refractivity (Wildman–Crippen MR) is 70.8 cm³/mol. The summed E-state index contributed by atoms with van der Waals surface area (Å²) in [5, 5.41) is 84.9. The predicted octanol–water partition coefficient (Wildman–Crippen LogP) is -5.76. The Morgan fingerprint density at radius 2 is 1.39 bits per heavy atom. The van der Waals surface area contributed by atoms with E-state index in [1.54, 1.807) is 0 Å². The molecule has 1 unspecified atom stereocenters. The van der Waals surface area contributed by atoms with E-state index in [1.165, 1.54) is 0 Å². The summed E-state index contributed by atoms with van der Waals surface area (Å²) < 4.78 is 10.1. The van der Waals surface area contributed by atoms with Crippen LogP contribution in [0.3, 0.4) is 0 Å². The van der Waals surface area contributed by atoms with E-state index in [-0.39, 0.29) is 0 Å². The van der Waals surface area contributed by atoms with Crippen molar-refractivity contribution in [1.82, 2.24) is 0 Å². The van der Waals surface area contributed by atoms with Gasteiger partial charge in [0.05, 0.1) is 19.8 Å². The Labute approximate surface area is 131 Å². The molecule has 0 aromatic carbocycles. The maximum Gasteiger partial charge on any atom is 0.187 e. The Bertz CT molecular complexity index is 341. The van der Waals surface area contributed by atoms with E-state index in [2.05, 4.69) is 0 Å². The van der Waals surface area contributed by atoms with Gasteiger partial charge in [-0.1, -0.05) is 0 Å². The van der Waals surface area contributed by atoms with E-state index < -0.39 is 74.9 Å². The minimum absolute atomic E-state index is 0.708. The first-order chi connectivity index (χ1) is 10.8. The van der Waals surface area contributed by atoms with Crippen molar-refractivity contribution in [1.29, 1.82) is 0 Å². The summed E-state index contributed by atoms with van der Waals surface area (Å²) in [7, 11) is 0. The fourth-order valence-corrected chi connectivity index (χ4v) is 2.16. The first kappa shape index (κ1) is 20.6. The van der Waals surface area contributed by atoms with Crippen molar-refractivity contribution in [3.05, 3.63) is 0 Å². The summed E-state index contributed by atoms with van der Waals surface area (Å²) in [5.41, 5.74) is 0. The maximum atomic E-state index is 9.83.